The van der Waals surface area contributed by atoms with Gasteiger partial charge in [-0.3, -0.25) is 0 Å². The smallest absolute Gasteiger partial charge is 0.0249 e. The first kappa shape index (κ1) is 8.13. The lowest BCUT2D eigenvalue weighted by Gasteiger charge is -2.12. The van der Waals surface area contributed by atoms with Crippen LogP contribution >= 0.6 is 11.6 Å². The van der Waals surface area contributed by atoms with Crippen molar-refractivity contribution in [1.82, 2.24) is 0 Å². The normalized spacial score (nSPS) is 21.8. The zero-order valence-electron chi connectivity index (χ0n) is 6.52. The van der Waals surface area contributed by atoms with Crippen molar-refractivity contribution < 1.29 is 0 Å². The van der Waals surface area contributed by atoms with E-state index in [4.69, 9.17) is 11.6 Å². The fourth-order valence-corrected chi connectivity index (χ4v) is 1.62. The maximum atomic E-state index is 5.71. The van der Waals surface area contributed by atoms with Crippen LogP contribution in [0.2, 0.25) is 0 Å². The molecule has 0 nitrogen and oxygen atoms in total. The zero-order chi connectivity index (χ0) is 7.40. The number of allylic oxidation sites excluding steroid dienone is 2. The van der Waals surface area contributed by atoms with E-state index in [9.17, 15) is 0 Å². The molecule has 58 valence electrons. The summed E-state index contributed by atoms with van der Waals surface area (Å²) >= 11 is 5.71. The maximum Gasteiger partial charge on any atom is 0.0249 e. The Labute approximate surface area is 68.3 Å². The van der Waals surface area contributed by atoms with E-state index in [1.165, 1.54) is 19.3 Å². The molecule has 0 heterocycles. The van der Waals surface area contributed by atoms with Gasteiger partial charge in [-0.15, -0.1) is 11.6 Å². The molecule has 1 aliphatic rings. The Balaban J connectivity index is 2.13. The zero-order valence-corrected chi connectivity index (χ0v) is 7.27. The fourth-order valence-electron chi connectivity index (χ4n) is 1.50. The van der Waals surface area contributed by atoms with Gasteiger partial charge in [-0.05, 0) is 31.1 Å². The van der Waals surface area contributed by atoms with Crippen molar-refractivity contribution in [3.63, 3.8) is 0 Å². The van der Waals surface area contributed by atoms with Crippen molar-refractivity contribution in [2.75, 3.05) is 5.88 Å². The van der Waals surface area contributed by atoms with E-state index in [0.29, 0.717) is 5.92 Å². The molecule has 10 heavy (non-hydrogen) atoms. The lowest BCUT2D eigenvalue weighted by molar-refractivity contribution is 0.433. The standard InChI is InChI=1S/C9H15Cl/c1-8(7-10)6-9-4-2-3-5-9/h2-3,8-9H,4-7H2,1H3. The van der Waals surface area contributed by atoms with Gasteiger partial charge in [0, 0.05) is 5.88 Å². The summed E-state index contributed by atoms with van der Waals surface area (Å²) in [5, 5.41) is 0. The molecule has 0 saturated heterocycles. The molecule has 0 N–H and O–H groups in total. The van der Waals surface area contributed by atoms with Crippen LogP contribution in [0, 0.1) is 11.8 Å². The Kier molecular flexibility index (Phi) is 3.27. The molecule has 0 spiro atoms. The van der Waals surface area contributed by atoms with Gasteiger partial charge in [0.05, 0.1) is 0 Å². The van der Waals surface area contributed by atoms with Gasteiger partial charge in [-0.1, -0.05) is 19.1 Å². The quantitative estimate of drug-likeness (QED) is 0.437. The molecule has 0 aliphatic heterocycles. The molecule has 0 fully saturated rings. The first-order valence-electron chi connectivity index (χ1n) is 4.04. The lowest BCUT2D eigenvalue weighted by atomic mass is 9.95. The Morgan fingerprint density at radius 1 is 1.50 bits per heavy atom. The highest BCUT2D eigenvalue weighted by Gasteiger charge is 2.12. The van der Waals surface area contributed by atoms with E-state index in [1.807, 2.05) is 0 Å². The Bertz CT molecular complexity index is 110. The predicted octanol–water partition coefficient (Wildman–Crippen LogP) is 3.22. The van der Waals surface area contributed by atoms with Crippen LogP contribution in [0.15, 0.2) is 12.2 Å². The van der Waals surface area contributed by atoms with Gasteiger partial charge in [0.25, 0.3) is 0 Å². The van der Waals surface area contributed by atoms with Gasteiger partial charge < -0.3 is 0 Å². The molecule has 1 atom stereocenters. The van der Waals surface area contributed by atoms with Crippen LogP contribution in [-0.2, 0) is 0 Å². The van der Waals surface area contributed by atoms with Gasteiger partial charge in [-0.25, -0.2) is 0 Å². The maximum absolute atomic E-state index is 5.71. The van der Waals surface area contributed by atoms with E-state index in [1.54, 1.807) is 0 Å². The second-order valence-electron chi connectivity index (χ2n) is 3.30. The van der Waals surface area contributed by atoms with Gasteiger partial charge in [0.1, 0.15) is 0 Å². The molecule has 0 amide bonds. The van der Waals surface area contributed by atoms with Crippen molar-refractivity contribution in [2.45, 2.75) is 26.2 Å². The van der Waals surface area contributed by atoms with Crippen molar-refractivity contribution in [2.24, 2.45) is 11.8 Å². The minimum atomic E-state index is 0.701. The molecule has 1 aliphatic carbocycles. The molecular weight excluding hydrogens is 144 g/mol. The first-order chi connectivity index (χ1) is 4.83. The Morgan fingerprint density at radius 3 is 2.60 bits per heavy atom. The SMILES string of the molecule is CC(CCl)CC1CC=CC1. The van der Waals surface area contributed by atoms with E-state index in [0.717, 1.165) is 11.8 Å². The minimum absolute atomic E-state index is 0.701. The summed E-state index contributed by atoms with van der Waals surface area (Å²) in [4.78, 5) is 0. The van der Waals surface area contributed by atoms with E-state index in [2.05, 4.69) is 19.1 Å². The number of rotatable bonds is 3. The molecule has 1 heteroatoms. The van der Waals surface area contributed by atoms with Crippen molar-refractivity contribution in [1.29, 1.82) is 0 Å². The summed E-state index contributed by atoms with van der Waals surface area (Å²) < 4.78 is 0. The van der Waals surface area contributed by atoms with Crippen LogP contribution in [-0.4, -0.2) is 5.88 Å². The number of halogens is 1. The van der Waals surface area contributed by atoms with Crippen LogP contribution < -0.4 is 0 Å². The van der Waals surface area contributed by atoms with Gasteiger partial charge >= 0.3 is 0 Å². The monoisotopic (exact) mass is 158 g/mol. The molecule has 0 bridgehead atoms. The summed E-state index contributed by atoms with van der Waals surface area (Å²) in [6, 6.07) is 0. The van der Waals surface area contributed by atoms with Crippen LogP contribution in [0.3, 0.4) is 0 Å². The largest absolute Gasteiger partial charge is 0.126 e. The lowest BCUT2D eigenvalue weighted by Crippen LogP contribution is -2.03. The fraction of sp³-hybridized carbons (Fsp3) is 0.778. The van der Waals surface area contributed by atoms with Crippen molar-refractivity contribution in [3.8, 4) is 0 Å². The molecule has 0 aromatic carbocycles. The number of alkyl halides is 1. The second-order valence-corrected chi connectivity index (χ2v) is 3.61. The highest BCUT2D eigenvalue weighted by molar-refractivity contribution is 6.18. The third-order valence-electron chi connectivity index (χ3n) is 2.10. The number of hydrogen-bond donors (Lipinski definition) is 0. The van der Waals surface area contributed by atoms with Gasteiger partial charge in [0.2, 0.25) is 0 Å². The summed E-state index contributed by atoms with van der Waals surface area (Å²) in [5.41, 5.74) is 0. The van der Waals surface area contributed by atoms with Gasteiger partial charge in [-0.2, -0.15) is 0 Å². The third kappa shape index (κ3) is 2.34. The highest BCUT2D eigenvalue weighted by Crippen LogP contribution is 2.25. The van der Waals surface area contributed by atoms with Crippen LogP contribution in [0.25, 0.3) is 0 Å². The minimum Gasteiger partial charge on any atom is -0.126 e. The summed E-state index contributed by atoms with van der Waals surface area (Å²) in [6.07, 6.45) is 8.43. The van der Waals surface area contributed by atoms with E-state index < -0.39 is 0 Å². The molecule has 0 saturated carbocycles. The summed E-state index contributed by atoms with van der Waals surface area (Å²) in [6.45, 7) is 2.23. The van der Waals surface area contributed by atoms with Crippen LogP contribution in [0.5, 0.6) is 0 Å². The molecule has 1 rings (SSSR count). The Morgan fingerprint density at radius 2 is 2.10 bits per heavy atom. The first-order valence-corrected chi connectivity index (χ1v) is 4.57. The highest BCUT2D eigenvalue weighted by atomic mass is 35.5. The van der Waals surface area contributed by atoms with E-state index in [-0.39, 0.29) is 0 Å². The summed E-state index contributed by atoms with van der Waals surface area (Å²) in [5.74, 6) is 2.41. The van der Waals surface area contributed by atoms with Gasteiger partial charge in [0.15, 0.2) is 0 Å². The molecule has 0 aromatic heterocycles. The second kappa shape index (κ2) is 4.02. The number of hydrogen-bond acceptors (Lipinski definition) is 0. The average Bonchev–Trinajstić information content (AvgIpc) is 2.40. The average molecular weight is 159 g/mol. The predicted molar refractivity (Wildman–Crippen MR) is 46.4 cm³/mol. The van der Waals surface area contributed by atoms with Crippen molar-refractivity contribution in [3.05, 3.63) is 12.2 Å². The van der Waals surface area contributed by atoms with Crippen LogP contribution in [0.1, 0.15) is 26.2 Å². The van der Waals surface area contributed by atoms with Crippen LogP contribution in [0.4, 0.5) is 0 Å². The molecule has 0 radical (unpaired) electrons. The van der Waals surface area contributed by atoms with E-state index >= 15 is 0 Å². The Hall–Kier alpha value is 0.0300. The van der Waals surface area contributed by atoms with Crippen molar-refractivity contribution >= 4 is 11.6 Å². The molecule has 1 unspecified atom stereocenters. The molecular formula is C9H15Cl. The third-order valence-corrected chi connectivity index (χ3v) is 2.63. The molecule has 0 aromatic rings. The topological polar surface area (TPSA) is 0 Å². The summed E-state index contributed by atoms with van der Waals surface area (Å²) in [7, 11) is 0.